The van der Waals surface area contributed by atoms with Crippen LogP contribution in [0.25, 0.3) is 0 Å². The Morgan fingerprint density at radius 3 is 2.45 bits per heavy atom. The second-order valence-electron chi connectivity index (χ2n) is 5.47. The molecule has 1 aliphatic rings. The molecule has 0 radical (unpaired) electrons. The number of nitrogens with two attached hydrogens (primary N) is 1. The Balaban J connectivity index is 1.65. The van der Waals surface area contributed by atoms with Crippen molar-refractivity contribution in [1.29, 1.82) is 0 Å². The zero-order valence-corrected chi connectivity index (χ0v) is 12.1. The minimum absolute atomic E-state index is 0.283. The lowest BCUT2D eigenvalue weighted by Gasteiger charge is -2.37. The van der Waals surface area contributed by atoms with Crippen LogP contribution in [-0.2, 0) is 0 Å². The van der Waals surface area contributed by atoms with E-state index in [4.69, 9.17) is 15.6 Å². The van der Waals surface area contributed by atoms with Gasteiger partial charge >= 0.3 is 0 Å². The molecule has 2 rings (SSSR count). The highest BCUT2D eigenvalue weighted by molar-refractivity contribution is 5.41. The molecular weight excluding hydrogens is 252 g/mol. The lowest BCUT2D eigenvalue weighted by molar-refractivity contribution is 0.109. The molecule has 3 N–H and O–H groups in total. The molecule has 1 saturated carbocycles. The number of hydrogen-bond acceptors (Lipinski definition) is 4. The largest absolute Gasteiger partial charge is 0.494 e. The molecule has 0 saturated heterocycles. The van der Waals surface area contributed by atoms with Crippen LogP contribution < -0.4 is 10.5 Å². The lowest BCUT2D eigenvalue weighted by atomic mass is 9.91. The van der Waals surface area contributed by atoms with Gasteiger partial charge < -0.3 is 20.5 Å². The average Bonchev–Trinajstić information content (AvgIpc) is 2.40. The summed E-state index contributed by atoms with van der Waals surface area (Å²) in [7, 11) is 0. The van der Waals surface area contributed by atoms with E-state index >= 15 is 0 Å². The molecule has 0 atom stereocenters. The summed E-state index contributed by atoms with van der Waals surface area (Å²) in [6.07, 6.45) is 5.86. The highest BCUT2D eigenvalue weighted by Gasteiger charge is 2.23. The number of hydrogen-bond donors (Lipinski definition) is 2. The summed E-state index contributed by atoms with van der Waals surface area (Å²) in [5.41, 5.74) is 6.40. The molecule has 1 aromatic rings. The average molecular weight is 278 g/mol. The fourth-order valence-corrected chi connectivity index (χ4v) is 2.52. The molecule has 0 spiro atoms. The summed E-state index contributed by atoms with van der Waals surface area (Å²) in [5.74, 6) is 0.879. The fraction of sp³-hybridized carbons (Fsp3) is 0.625. The van der Waals surface area contributed by atoms with E-state index in [1.807, 2.05) is 24.3 Å². The van der Waals surface area contributed by atoms with Crippen molar-refractivity contribution in [3.05, 3.63) is 24.3 Å². The number of nitrogen functional groups attached to an aromatic ring is 1. The predicted molar refractivity (Wildman–Crippen MR) is 81.9 cm³/mol. The lowest BCUT2D eigenvalue weighted by Crippen LogP contribution is -2.41. The van der Waals surface area contributed by atoms with Crippen molar-refractivity contribution in [2.75, 3.05) is 32.0 Å². The minimum Gasteiger partial charge on any atom is -0.494 e. The predicted octanol–water partition coefficient (Wildman–Crippen LogP) is 2.27. The minimum atomic E-state index is 0.283. The molecule has 20 heavy (non-hydrogen) atoms. The van der Waals surface area contributed by atoms with Gasteiger partial charge in [0.25, 0.3) is 0 Å². The van der Waals surface area contributed by atoms with Gasteiger partial charge in [-0.2, -0.15) is 0 Å². The zero-order chi connectivity index (χ0) is 14.2. The van der Waals surface area contributed by atoms with Crippen LogP contribution in [0.5, 0.6) is 5.75 Å². The van der Waals surface area contributed by atoms with Crippen molar-refractivity contribution in [3.63, 3.8) is 0 Å². The highest BCUT2D eigenvalue weighted by Crippen LogP contribution is 2.25. The molecule has 0 aliphatic heterocycles. The molecule has 0 amide bonds. The number of anilines is 1. The first-order valence-corrected chi connectivity index (χ1v) is 7.63. The number of aliphatic hydroxyl groups excluding tert-OH is 1. The van der Waals surface area contributed by atoms with Gasteiger partial charge in [0.2, 0.25) is 0 Å². The van der Waals surface area contributed by atoms with E-state index in [0.29, 0.717) is 0 Å². The van der Waals surface area contributed by atoms with Crippen molar-refractivity contribution >= 4 is 5.69 Å². The number of benzene rings is 1. The van der Waals surface area contributed by atoms with Crippen LogP contribution in [0.15, 0.2) is 24.3 Å². The Bertz CT molecular complexity index is 377. The maximum atomic E-state index is 8.97. The van der Waals surface area contributed by atoms with E-state index in [9.17, 15) is 0 Å². The van der Waals surface area contributed by atoms with Crippen LogP contribution >= 0.6 is 0 Å². The molecular formula is C16H26N2O2. The summed E-state index contributed by atoms with van der Waals surface area (Å²) in [6, 6.07) is 8.27. The van der Waals surface area contributed by atoms with Crippen LogP contribution in [0.4, 0.5) is 5.69 Å². The van der Waals surface area contributed by atoms with Gasteiger partial charge in [-0.05, 0) is 49.9 Å². The summed E-state index contributed by atoms with van der Waals surface area (Å²) in [6.45, 7) is 3.07. The molecule has 1 aromatic carbocycles. The van der Waals surface area contributed by atoms with Gasteiger partial charge in [0.1, 0.15) is 5.75 Å². The number of ether oxygens (including phenoxy) is 1. The number of nitrogens with zero attached hydrogens (tertiary/aromatic N) is 1. The van der Waals surface area contributed by atoms with Gasteiger partial charge in [-0.25, -0.2) is 0 Å². The van der Waals surface area contributed by atoms with Gasteiger partial charge in [0.15, 0.2) is 0 Å². The quantitative estimate of drug-likeness (QED) is 0.537. The third-order valence-electron chi connectivity index (χ3n) is 3.93. The Morgan fingerprint density at radius 2 is 1.85 bits per heavy atom. The second kappa shape index (κ2) is 8.12. The Hall–Kier alpha value is -1.26. The first-order chi connectivity index (χ1) is 9.79. The standard InChI is InChI=1S/C16H26N2O2/c17-14-6-8-16(9-7-14)20-13-3-11-18(10-2-12-19)15-4-1-5-15/h6-9,15,19H,1-5,10-13,17H2. The van der Waals surface area contributed by atoms with E-state index in [1.165, 1.54) is 19.3 Å². The van der Waals surface area contributed by atoms with Gasteiger partial charge in [0, 0.05) is 31.4 Å². The molecule has 1 aliphatic carbocycles. The van der Waals surface area contributed by atoms with E-state index in [2.05, 4.69) is 4.90 Å². The monoisotopic (exact) mass is 278 g/mol. The van der Waals surface area contributed by atoms with Gasteiger partial charge in [-0.3, -0.25) is 0 Å². The summed E-state index contributed by atoms with van der Waals surface area (Å²) >= 11 is 0. The first-order valence-electron chi connectivity index (χ1n) is 7.63. The molecule has 4 heteroatoms. The van der Waals surface area contributed by atoms with Crippen molar-refractivity contribution in [1.82, 2.24) is 4.90 Å². The number of aliphatic hydroxyl groups is 1. The zero-order valence-electron chi connectivity index (χ0n) is 12.1. The second-order valence-corrected chi connectivity index (χ2v) is 5.47. The molecule has 0 heterocycles. The third kappa shape index (κ3) is 4.69. The Kier molecular flexibility index (Phi) is 6.15. The first kappa shape index (κ1) is 15.1. The van der Waals surface area contributed by atoms with Gasteiger partial charge in [-0.1, -0.05) is 6.42 Å². The van der Waals surface area contributed by atoms with Crippen molar-refractivity contribution in [2.24, 2.45) is 0 Å². The molecule has 0 aromatic heterocycles. The van der Waals surface area contributed by atoms with Crippen molar-refractivity contribution < 1.29 is 9.84 Å². The normalized spacial score (nSPS) is 15.3. The molecule has 0 bridgehead atoms. The summed E-state index contributed by atoms with van der Waals surface area (Å²) < 4.78 is 5.72. The SMILES string of the molecule is Nc1ccc(OCCCN(CCCO)C2CCC2)cc1. The number of rotatable bonds is 9. The van der Waals surface area contributed by atoms with Crippen LogP contribution in [0.2, 0.25) is 0 Å². The molecule has 112 valence electrons. The Morgan fingerprint density at radius 1 is 1.15 bits per heavy atom. The molecule has 0 unspecified atom stereocenters. The fourth-order valence-electron chi connectivity index (χ4n) is 2.52. The van der Waals surface area contributed by atoms with Crippen LogP contribution in [0, 0.1) is 0 Å². The summed E-state index contributed by atoms with van der Waals surface area (Å²) in [4.78, 5) is 2.51. The Labute approximate surface area is 121 Å². The van der Waals surface area contributed by atoms with Crippen LogP contribution in [0.1, 0.15) is 32.1 Å². The van der Waals surface area contributed by atoms with Crippen molar-refractivity contribution in [3.8, 4) is 5.75 Å². The highest BCUT2D eigenvalue weighted by atomic mass is 16.5. The third-order valence-corrected chi connectivity index (χ3v) is 3.93. The smallest absolute Gasteiger partial charge is 0.119 e. The van der Waals surface area contributed by atoms with Gasteiger partial charge in [0.05, 0.1) is 6.61 Å². The summed E-state index contributed by atoms with van der Waals surface area (Å²) in [5, 5.41) is 8.97. The van der Waals surface area contributed by atoms with Crippen LogP contribution in [0.3, 0.4) is 0 Å². The molecule has 1 fully saturated rings. The van der Waals surface area contributed by atoms with E-state index in [0.717, 1.165) is 50.0 Å². The maximum absolute atomic E-state index is 8.97. The molecule has 4 nitrogen and oxygen atoms in total. The van der Waals surface area contributed by atoms with E-state index < -0.39 is 0 Å². The van der Waals surface area contributed by atoms with E-state index in [-0.39, 0.29) is 6.61 Å². The van der Waals surface area contributed by atoms with E-state index in [1.54, 1.807) is 0 Å². The van der Waals surface area contributed by atoms with Gasteiger partial charge in [-0.15, -0.1) is 0 Å². The van der Waals surface area contributed by atoms with Crippen LogP contribution in [-0.4, -0.2) is 42.4 Å². The topological polar surface area (TPSA) is 58.7 Å². The van der Waals surface area contributed by atoms with Crippen molar-refractivity contribution in [2.45, 2.75) is 38.1 Å². The maximum Gasteiger partial charge on any atom is 0.119 e.